The molecule has 0 bridgehead atoms. The summed E-state index contributed by atoms with van der Waals surface area (Å²) in [7, 11) is 0. The summed E-state index contributed by atoms with van der Waals surface area (Å²) >= 11 is 0. The Hall–Kier alpha value is -2.02. The number of aliphatic hydroxyl groups excluding tert-OH is 1. The topological polar surface area (TPSA) is 69.6 Å². The number of nitrogens with zero attached hydrogens (tertiary/aromatic N) is 1. The SMILES string of the molecule is O=C1CCC(c2c(F)cc(N3CC(O)C3)cc2F)C(=O)N1. The number of hydrogen-bond donors (Lipinski definition) is 2. The largest absolute Gasteiger partial charge is 0.389 e. The Bertz CT molecular complexity index is 591. The van der Waals surface area contributed by atoms with Crippen molar-refractivity contribution in [3.8, 4) is 0 Å². The lowest BCUT2D eigenvalue weighted by molar-refractivity contribution is -0.134. The third-order valence-corrected chi connectivity index (χ3v) is 3.88. The summed E-state index contributed by atoms with van der Waals surface area (Å²) in [6, 6.07) is 2.32. The average molecular weight is 296 g/mol. The van der Waals surface area contributed by atoms with Crippen LogP contribution in [0.3, 0.4) is 0 Å². The van der Waals surface area contributed by atoms with Gasteiger partial charge in [-0.25, -0.2) is 8.78 Å². The predicted molar refractivity (Wildman–Crippen MR) is 69.7 cm³/mol. The van der Waals surface area contributed by atoms with Gasteiger partial charge in [0.05, 0.1) is 12.0 Å². The average Bonchev–Trinajstić information content (AvgIpc) is 2.36. The van der Waals surface area contributed by atoms with Crippen molar-refractivity contribution in [1.82, 2.24) is 5.32 Å². The maximum atomic E-state index is 14.2. The van der Waals surface area contributed by atoms with Crippen LogP contribution in [0.4, 0.5) is 14.5 Å². The van der Waals surface area contributed by atoms with Gasteiger partial charge in [-0.15, -0.1) is 0 Å². The van der Waals surface area contributed by atoms with E-state index in [-0.39, 0.29) is 18.4 Å². The first-order chi connectivity index (χ1) is 9.95. The van der Waals surface area contributed by atoms with Gasteiger partial charge in [-0.05, 0) is 18.6 Å². The maximum Gasteiger partial charge on any atom is 0.234 e. The molecule has 2 saturated heterocycles. The number of amides is 2. The Morgan fingerprint density at radius 1 is 1.19 bits per heavy atom. The molecule has 112 valence electrons. The van der Waals surface area contributed by atoms with Crippen LogP contribution in [0, 0.1) is 11.6 Å². The predicted octanol–water partition coefficient (Wildman–Crippen LogP) is 0.666. The van der Waals surface area contributed by atoms with Crippen LogP contribution in [-0.2, 0) is 9.59 Å². The van der Waals surface area contributed by atoms with E-state index in [4.69, 9.17) is 0 Å². The zero-order chi connectivity index (χ0) is 15.1. The summed E-state index contributed by atoms with van der Waals surface area (Å²) in [5, 5.41) is 11.3. The van der Waals surface area contributed by atoms with Gasteiger partial charge in [0.2, 0.25) is 11.8 Å². The molecule has 2 amide bonds. The van der Waals surface area contributed by atoms with E-state index in [0.29, 0.717) is 18.8 Å². The van der Waals surface area contributed by atoms with Crippen LogP contribution in [0.15, 0.2) is 12.1 Å². The highest BCUT2D eigenvalue weighted by molar-refractivity contribution is 6.01. The molecule has 0 aromatic heterocycles. The highest BCUT2D eigenvalue weighted by Gasteiger charge is 2.33. The van der Waals surface area contributed by atoms with Crippen LogP contribution in [0.1, 0.15) is 24.3 Å². The van der Waals surface area contributed by atoms with Gasteiger partial charge in [-0.2, -0.15) is 0 Å². The van der Waals surface area contributed by atoms with Gasteiger partial charge in [0, 0.05) is 30.8 Å². The van der Waals surface area contributed by atoms with Crippen molar-refractivity contribution >= 4 is 17.5 Å². The third-order valence-electron chi connectivity index (χ3n) is 3.88. The van der Waals surface area contributed by atoms with E-state index in [0.717, 1.165) is 12.1 Å². The molecule has 2 fully saturated rings. The number of nitrogens with one attached hydrogen (secondary N) is 1. The summed E-state index contributed by atoms with van der Waals surface area (Å²) in [4.78, 5) is 24.5. The molecule has 2 heterocycles. The smallest absolute Gasteiger partial charge is 0.234 e. The highest BCUT2D eigenvalue weighted by atomic mass is 19.1. The minimum atomic E-state index is -0.987. The molecular weight excluding hydrogens is 282 g/mol. The van der Waals surface area contributed by atoms with Crippen LogP contribution in [0.25, 0.3) is 0 Å². The van der Waals surface area contributed by atoms with Crippen molar-refractivity contribution in [3.63, 3.8) is 0 Å². The quantitative estimate of drug-likeness (QED) is 0.787. The van der Waals surface area contributed by atoms with Crippen molar-refractivity contribution in [2.24, 2.45) is 0 Å². The number of halogens is 2. The second kappa shape index (κ2) is 5.07. The minimum Gasteiger partial charge on any atom is -0.389 e. The Labute approximate surface area is 119 Å². The van der Waals surface area contributed by atoms with Crippen LogP contribution in [0.5, 0.6) is 0 Å². The van der Waals surface area contributed by atoms with E-state index >= 15 is 0 Å². The van der Waals surface area contributed by atoms with Gasteiger partial charge >= 0.3 is 0 Å². The fraction of sp³-hybridized carbons (Fsp3) is 0.429. The number of anilines is 1. The maximum absolute atomic E-state index is 14.2. The summed E-state index contributed by atoms with van der Waals surface area (Å²) in [5.74, 6) is -3.69. The van der Waals surface area contributed by atoms with E-state index in [1.165, 1.54) is 0 Å². The fourth-order valence-electron chi connectivity index (χ4n) is 2.72. The molecule has 5 nitrogen and oxygen atoms in total. The second-order valence-corrected chi connectivity index (χ2v) is 5.39. The first kappa shape index (κ1) is 13.9. The van der Waals surface area contributed by atoms with Gasteiger partial charge in [-0.1, -0.05) is 0 Å². The number of benzene rings is 1. The summed E-state index contributed by atoms with van der Waals surface area (Å²) in [5.41, 5.74) is 0.0381. The van der Waals surface area contributed by atoms with Crippen LogP contribution in [0.2, 0.25) is 0 Å². The minimum absolute atomic E-state index is 0.0648. The van der Waals surface area contributed by atoms with E-state index < -0.39 is 35.5 Å². The van der Waals surface area contributed by atoms with Gasteiger partial charge in [0.25, 0.3) is 0 Å². The van der Waals surface area contributed by atoms with E-state index in [1.807, 2.05) is 0 Å². The lowest BCUT2D eigenvalue weighted by atomic mass is 9.89. The molecule has 0 spiro atoms. The number of carbonyl (C=O) groups excluding carboxylic acids is 2. The number of rotatable bonds is 2. The molecule has 3 rings (SSSR count). The Kier molecular flexibility index (Phi) is 3.36. The van der Waals surface area contributed by atoms with Crippen molar-refractivity contribution < 1.29 is 23.5 Å². The lowest BCUT2D eigenvalue weighted by Crippen LogP contribution is -2.51. The normalized spacial score (nSPS) is 23.0. The van der Waals surface area contributed by atoms with E-state index in [9.17, 15) is 23.5 Å². The van der Waals surface area contributed by atoms with Crippen molar-refractivity contribution in [3.05, 3.63) is 29.3 Å². The molecule has 1 aromatic carbocycles. The molecule has 1 unspecified atom stereocenters. The van der Waals surface area contributed by atoms with Crippen molar-refractivity contribution in [2.45, 2.75) is 24.9 Å². The molecule has 0 aliphatic carbocycles. The lowest BCUT2D eigenvalue weighted by Gasteiger charge is -2.38. The zero-order valence-electron chi connectivity index (χ0n) is 11.1. The molecule has 21 heavy (non-hydrogen) atoms. The molecule has 0 radical (unpaired) electrons. The van der Waals surface area contributed by atoms with Gasteiger partial charge in [0.1, 0.15) is 11.6 Å². The van der Waals surface area contributed by atoms with Gasteiger partial charge in [-0.3, -0.25) is 14.9 Å². The van der Waals surface area contributed by atoms with Crippen molar-refractivity contribution in [2.75, 3.05) is 18.0 Å². The van der Waals surface area contributed by atoms with E-state index in [1.54, 1.807) is 4.90 Å². The summed E-state index contributed by atoms with van der Waals surface area (Å²) in [6.45, 7) is 0.660. The number of β-amino-alcohol motifs (C(OH)–C–C–N with tert-alkyl or cyclic N) is 1. The molecule has 1 aromatic rings. The Morgan fingerprint density at radius 2 is 1.81 bits per heavy atom. The van der Waals surface area contributed by atoms with Gasteiger partial charge in [0.15, 0.2) is 0 Å². The Morgan fingerprint density at radius 3 is 2.33 bits per heavy atom. The monoisotopic (exact) mass is 296 g/mol. The highest BCUT2D eigenvalue weighted by Crippen LogP contribution is 2.33. The third kappa shape index (κ3) is 2.49. The number of aliphatic hydroxyl groups is 1. The fourth-order valence-corrected chi connectivity index (χ4v) is 2.72. The summed E-state index contributed by atoms with van der Waals surface area (Å²) in [6.07, 6.45) is -0.318. The molecule has 1 atom stereocenters. The van der Waals surface area contributed by atoms with Crippen LogP contribution >= 0.6 is 0 Å². The Balaban J connectivity index is 1.89. The van der Waals surface area contributed by atoms with Crippen LogP contribution < -0.4 is 10.2 Å². The van der Waals surface area contributed by atoms with E-state index in [2.05, 4.69) is 5.32 Å². The molecule has 2 aliphatic rings. The second-order valence-electron chi connectivity index (χ2n) is 5.39. The first-order valence-electron chi connectivity index (χ1n) is 6.71. The standard InChI is InChI=1S/C14H14F2N2O3/c15-10-3-7(18-5-8(19)6-18)4-11(16)13(10)9-1-2-12(20)17-14(9)21/h3-4,8-9,19H,1-2,5-6H2,(H,17,20,21). The number of imide groups is 1. The molecule has 2 N–H and O–H groups in total. The zero-order valence-corrected chi connectivity index (χ0v) is 11.1. The number of hydrogen-bond acceptors (Lipinski definition) is 4. The number of carbonyl (C=O) groups is 2. The van der Waals surface area contributed by atoms with Crippen molar-refractivity contribution in [1.29, 1.82) is 0 Å². The molecular formula is C14H14F2N2O3. The number of piperidine rings is 1. The molecule has 7 heteroatoms. The molecule has 0 saturated carbocycles. The summed E-state index contributed by atoms with van der Waals surface area (Å²) < 4.78 is 28.4. The van der Waals surface area contributed by atoms with Gasteiger partial charge < -0.3 is 10.0 Å². The first-order valence-corrected chi connectivity index (χ1v) is 6.71. The van der Waals surface area contributed by atoms with Crippen LogP contribution in [-0.4, -0.2) is 36.1 Å². The molecule has 2 aliphatic heterocycles.